The lowest BCUT2D eigenvalue weighted by atomic mass is 10.1. The summed E-state index contributed by atoms with van der Waals surface area (Å²) in [6.07, 6.45) is -0.290. The fraction of sp³-hybridized carbons (Fsp3) is 0.120. The molecule has 1 unspecified atom stereocenters. The topological polar surface area (TPSA) is 91.0 Å². The number of carbonyl (C=O) groups is 3. The van der Waals surface area contributed by atoms with E-state index in [1.165, 1.54) is 17.0 Å². The van der Waals surface area contributed by atoms with Crippen LogP contribution >= 0.6 is 35.4 Å². The number of ether oxygens (including phenoxy) is 1. The molecule has 3 amide bonds. The summed E-state index contributed by atoms with van der Waals surface area (Å²) < 4.78 is 5.27. The Balaban J connectivity index is 1.61. The van der Waals surface area contributed by atoms with E-state index in [1.807, 2.05) is 0 Å². The first-order chi connectivity index (χ1) is 17.3. The zero-order valence-electron chi connectivity index (χ0n) is 18.9. The number of hydrogen-bond acceptors (Lipinski definition) is 5. The van der Waals surface area contributed by atoms with E-state index in [4.69, 9.17) is 40.2 Å². The second kappa shape index (κ2) is 10.9. The van der Waals surface area contributed by atoms with E-state index in [1.54, 1.807) is 72.8 Å². The molecule has 8 nitrogen and oxygen atoms in total. The van der Waals surface area contributed by atoms with Crippen LogP contribution in [0.2, 0.25) is 10.0 Å². The van der Waals surface area contributed by atoms with E-state index in [0.29, 0.717) is 32.7 Å². The Morgan fingerprint density at radius 3 is 2.22 bits per heavy atom. The van der Waals surface area contributed by atoms with Gasteiger partial charge in [0, 0.05) is 15.6 Å². The molecule has 1 aliphatic rings. The molecule has 1 aliphatic heterocycles. The van der Waals surface area contributed by atoms with Crippen molar-refractivity contribution in [1.82, 2.24) is 10.4 Å². The van der Waals surface area contributed by atoms with Crippen LogP contribution in [0.4, 0.5) is 11.4 Å². The molecule has 36 heavy (non-hydrogen) atoms. The van der Waals surface area contributed by atoms with Crippen molar-refractivity contribution >= 4 is 69.6 Å². The van der Waals surface area contributed by atoms with Crippen molar-refractivity contribution in [2.24, 2.45) is 0 Å². The molecule has 1 fully saturated rings. The summed E-state index contributed by atoms with van der Waals surface area (Å²) in [5.41, 5.74) is 3.87. The van der Waals surface area contributed by atoms with Gasteiger partial charge in [-0.2, -0.15) is 0 Å². The van der Waals surface area contributed by atoms with Gasteiger partial charge in [-0.05, 0) is 72.9 Å². The lowest BCUT2D eigenvalue weighted by Gasteiger charge is -2.24. The Bertz CT molecular complexity index is 1320. The van der Waals surface area contributed by atoms with Crippen LogP contribution in [-0.4, -0.2) is 41.0 Å². The predicted octanol–water partition coefficient (Wildman–Crippen LogP) is 4.68. The third-order valence-electron chi connectivity index (χ3n) is 5.39. The van der Waals surface area contributed by atoms with Gasteiger partial charge < -0.3 is 10.1 Å². The zero-order valence-corrected chi connectivity index (χ0v) is 21.2. The molecule has 0 aliphatic carbocycles. The molecule has 184 valence electrons. The van der Waals surface area contributed by atoms with Gasteiger partial charge in [-0.3, -0.25) is 24.7 Å². The fourth-order valence-corrected chi connectivity index (χ4v) is 4.25. The summed E-state index contributed by atoms with van der Waals surface area (Å²) >= 11 is 17.5. The summed E-state index contributed by atoms with van der Waals surface area (Å²) in [5, 5.41) is 4.94. The Morgan fingerprint density at radius 2 is 1.58 bits per heavy atom. The molecule has 3 aromatic rings. The number of methoxy groups -OCH3 is 1. The van der Waals surface area contributed by atoms with Crippen LogP contribution in [-0.2, 0) is 9.59 Å². The van der Waals surface area contributed by atoms with Crippen LogP contribution in [0.5, 0.6) is 5.75 Å². The molecule has 4 rings (SSSR count). The Morgan fingerprint density at radius 1 is 0.972 bits per heavy atom. The number of para-hydroxylation sites is 2. The van der Waals surface area contributed by atoms with Crippen molar-refractivity contribution in [3.63, 3.8) is 0 Å². The van der Waals surface area contributed by atoms with E-state index >= 15 is 0 Å². The van der Waals surface area contributed by atoms with E-state index in [0.717, 1.165) is 0 Å². The highest BCUT2D eigenvalue weighted by Crippen LogP contribution is 2.28. The van der Waals surface area contributed by atoms with Gasteiger partial charge >= 0.3 is 0 Å². The van der Waals surface area contributed by atoms with Crippen LogP contribution in [0, 0.1) is 0 Å². The summed E-state index contributed by atoms with van der Waals surface area (Å²) in [7, 11) is 1.49. The molecular weight excluding hydrogens is 523 g/mol. The molecule has 11 heteroatoms. The van der Waals surface area contributed by atoms with Gasteiger partial charge in [0.25, 0.3) is 11.8 Å². The van der Waals surface area contributed by atoms with Crippen molar-refractivity contribution in [1.29, 1.82) is 0 Å². The lowest BCUT2D eigenvalue weighted by molar-refractivity contribution is -0.124. The van der Waals surface area contributed by atoms with E-state index in [2.05, 4.69) is 10.7 Å². The highest BCUT2D eigenvalue weighted by Gasteiger charge is 2.45. The quantitative estimate of drug-likeness (QED) is 0.421. The van der Waals surface area contributed by atoms with E-state index < -0.39 is 23.8 Å². The number of benzene rings is 3. The number of anilines is 2. The molecular formula is C25H20Cl2N4O4S. The first-order valence-corrected chi connectivity index (χ1v) is 11.9. The maximum atomic E-state index is 13.5. The number of carbonyl (C=O) groups excluding carboxylic acids is 3. The highest BCUT2D eigenvalue weighted by molar-refractivity contribution is 7.80. The minimum atomic E-state index is -1.10. The first kappa shape index (κ1) is 25.4. The van der Waals surface area contributed by atoms with Crippen LogP contribution in [0.15, 0.2) is 72.8 Å². The first-order valence-electron chi connectivity index (χ1n) is 10.7. The molecule has 1 heterocycles. The molecule has 1 atom stereocenters. The van der Waals surface area contributed by atoms with Crippen molar-refractivity contribution < 1.29 is 19.1 Å². The van der Waals surface area contributed by atoms with Crippen LogP contribution in [0.1, 0.15) is 16.8 Å². The smallest absolute Gasteiger partial charge is 0.269 e. The molecule has 0 bridgehead atoms. The van der Waals surface area contributed by atoms with Gasteiger partial charge in [0.2, 0.25) is 11.0 Å². The molecule has 0 saturated carbocycles. The average Bonchev–Trinajstić information content (AvgIpc) is 3.09. The summed E-state index contributed by atoms with van der Waals surface area (Å²) in [6.45, 7) is 0. The second-order valence-corrected chi connectivity index (χ2v) is 8.96. The maximum absolute atomic E-state index is 13.5. The van der Waals surface area contributed by atoms with Crippen molar-refractivity contribution in [3.05, 3.63) is 88.4 Å². The molecule has 2 N–H and O–H groups in total. The predicted molar refractivity (Wildman–Crippen MR) is 142 cm³/mol. The van der Waals surface area contributed by atoms with Crippen LogP contribution < -0.4 is 20.4 Å². The molecule has 0 radical (unpaired) electrons. The Hall–Kier alpha value is -3.66. The monoisotopic (exact) mass is 542 g/mol. The Kier molecular flexibility index (Phi) is 7.73. The van der Waals surface area contributed by atoms with Crippen LogP contribution in [0.25, 0.3) is 0 Å². The van der Waals surface area contributed by atoms with Gasteiger partial charge in [-0.15, -0.1) is 0 Å². The van der Waals surface area contributed by atoms with E-state index in [-0.39, 0.29) is 11.5 Å². The van der Waals surface area contributed by atoms with E-state index in [9.17, 15) is 14.4 Å². The third kappa shape index (κ3) is 5.43. The maximum Gasteiger partial charge on any atom is 0.269 e. The number of hydrogen-bond donors (Lipinski definition) is 2. The molecule has 3 aromatic carbocycles. The number of halogens is 2. The van der Waals surface area contributed by atoms with Crippen molar-refractivity contribution in [3.8, 4) is 5.75 Å². The number of hydrazine groups is 1. The Labute approximate surface area is 222 Å². The van der Waals surface area contributed by atoms with Gasteiger partial charge in [0.15, 0.2) is 0 Å². The van der Waals surface area contributed by atoms with Crippen molar-refractivity contribution in [2.45, 2.75) is 12.5 Å². The number of rotatable bonds is 7. The fourth-order valence-electron chi connectivity index (χ4n) is 3.63. The standard InChI is InChI=1S/C25H20Cl2N4O4S/c1-35-21-5-3-2-4-19(21)28-22(32)14-20-24(34)30(18-12-10-17(27)11-13-18)25(36)31(20)29-23(33)15-6-8-16(26)9-7-15/h2-13,20H,14H2,1H3,(H,28,32)(H,29,33). The molecule has 1 saturated heterocycles. The van der Waals surface area contributed by atoms with Gasteiger partial charge in [0.05, 0.1) is 24.9 Å². The largest absolute Gasteiger partial charge is 0.495 e. The number of nitrogens with zero attached hydrogens (tertiary/aromatic N) is 2. The summed E-state index contributed by atoms with van der Waals surface area (Å²) in [4.78, 5) is 40.6. The number of thiocarbonyl (C=S) groups is 1. The minimum Gasteiger partial charge on any atom is -0.495 e. The third-order valence-corrected chi connectivity index (χ3v) is 6.27. The lowest BCUT2D eigenvalue weighted by Crippen LogP contribution is -2.49. The summed E-state index contributed by atoms with van der Waals surface area (Å²) in [6, 6.07) is 18.5. The number of amides is 3. The van der Waals surface area contributed by atoms with Gasteiger partial charge in [-0.1, -0.05) is 35.3 Å². The van der Waals surface area contributed by atoms with Gasteiger partial charge in [-0.25, -0.2) is 5.01 Å². The SMILES string of the molecule is COc1ccccc1NC(=O)CC1C(=O)N(c2ccc(Cl)cc2)C(=S)N1NC(=O)c1ccc(Cl)cc1. The summed E-state index contributed by atoms with van der Waals surface area (Å²) in [5.74, 6) is -0.997. The highest BCUT2D eigenvalue weighted by atomic mass is 35.5. The second-order valence-electron chi connectivity index (χ2n) is 7.72. The van der Waals surface area contributed by atoms with Crippen molar-refractivity contribution in [2.75, 3.05) is 17.3 Å². The average molecular weight is 543 g/mol. The van der Waals surface area contributed by atoms with Crippen LogP contribution in [0.3, 0.4) is 0 Å². The normalized spacial score (nSPS) is 15.1. The number of nitrogens with one attached hydrogen (secondary N) is 2. The minimum absolute atomic E-state index is 0.0136. The zero-order chi connectivity index (χ0) is 25.8. The molecule has 0 aromatic heterocycles. The van der Waals surface area contributed by atoms with Gasteiger partial charge in [0.1, 0.15) is 11.8 Å². The molecule has 0 spiro atoms.